The Morgan fingerprint density at radius 3 is 2.61 bits per heavy atom. The molecule has 7 heteroatoms. The zero-order chi connectivity index (χ0) is 22.1. The third kappa shape index (κ3) is 4.19. The van der Waals surface area contributed by atoms with Gasteiger partial charge in [0.15, 0.2) is 5.11 Å². The number of hydrogen-bond donors (Lipinski definition) is 1. The van der Waals surface area contributed by atoms with Gasteiger partial charge < -0.3 is 14.8 Å². The Labute approximate surface area is 199 Å². The number of aromatic nitrogens is 2. The number of rotatable bonds is 6. The van der Waals surface area contributed by atoms with Gasteiger partial charge in [-0.2, -0.15) is 0 Å². The molecule has 0 unspecified atom stereocenters. The minimum Gasteiger partial charge on any atom is -0.352 e. The second-order valence-electron chi connectivity index (χ2n) is 7.93. The topological polar surface area (TPSA) is 33.1 Å². The van der Waals surface area contributed by atoms with Crippen LogP contribution in [0.4, 0.5) is 0 Å². The van der Waals surface area contributed by atoms with Crippen LogP contribution in [0.2, 0.25) is 10.0 Å². The Morgan fingerprint density at radius 1 is 1.13 bits per heavy atom. The summed E-state index contributed by atoms with van der Waals surface area (Å²) in [6.45, 7) is 7.35. The smallest absolute Gasteiger partial charge is 0.170 e. The Hall–Kier alpha value is -2.08. The summed E-state index contributed by atoms with van der Waals surface area (Å²) in [5.74, 6) is 0. The van der Waals surface area contributed by atoms with Crippen molar-refractivity contribution in [3.05, 3.63) is 81.4 Å². The van der Waals surface area contributed by atoms with Crippen LogP contribution in [-0.4, -0.2) is 26.1 Å². The van der Waals surface area contributed by atoms with Gasteiger partial charge >= 0.3 is 0 Å². The highest BCUT2D eigenvalue weighted by atomic mass is 35.5. The number of unbranched alkanes of at least 4 members (excludes halogenated alkanes) is 1. The van der Waals surface area contributed by atoms with Crippen LogP contribution in [0, 0.1) is 13.8 Å². The zero-order valence-corrected chi connectivity index (χ0v) is 20.2. The van der Waals surface area contributed by atoms with E-state index in [0.717, 1.165) is 47.3 Å². The predicted molar refractivity (Wildman–Crippen MR) is 132 cm³/mol. The molecule has 0 saturated carbocycles. The van der Waals surface area contributed by atoms with Crippen molar-refractivity contribution >= 4 is 40.5 Å². The Bertz CT molecular complexity index is 1100. The molecule has 162 valence electrons. The van der Waals surface area contributed by atoms with Crippen molar-refractivity contribution in [2.75, 3.05) is 6.54 Å². The average molecular weight is 473 g/mol. The molecule has 1 N–H and O–H groups in total. The maximum Gasteiger partial charge on any atom is 0.170 e. The fourth-order valence-electron chi connectivity index (χ4n) is 4.43. The Balaban J connectivity index is 1.83. The number of hydrogen-bond acceptors (Lipinski definition) is 2. The highest BCUT2D eigenvalue weighted by Gasteiger charge is 2.41. The monoisotopic (exact) mass is 472 g/mol. The molecule has 4 nitrogen and oxygen atoms in total. The van der Waals surface area contributed by atoms with E-state index in [1.165, 1.54) is 5.56 Å². The number of benzene rings is 1. The van der Waals surface area contributed by atoms with Gasteiger partial charge in [0.1, 0.15) is 0 Å². The highest BCUT2D eigenvalue weighted by Crippen LogP contribution is 2.42. The summed E-state index contributed by atoms with van der Waals surface area (Å²) in [7, 11) is 0. The summed E-state index contributed by atoms with van der Waals surface area (Å²) < 4.78 is 2.20. The van der Waals surface area contributed by atoms with Crippen LogP contribution in [0.15, 0.2) is 48.7 Å². The van der Waals surface area contributed by atoms with E-state index in [0.29, 0.717) is 10.0 Å². The summed E-state index contributed by atoms with van der Waals surface area (Å²) in [4.78, 5) is 6.95. The van der Waals surface area contributed by atoms with E-state index in [-0.39, 0.29) is 12.1 Å². The molecular formula is C24H26Cl2N4S. The molecule has 2 atom stereocenters. The molecule has 1 fully saturated rings. The van der Waals surface area contributed by atoms with Crippen LogP contribution in [0.25, 0.3) is 5.69 Å². The molecule has 4 rings (SSSR count). The van der Waals surface area contributed by atoms with Gasteiger partial charge in [-0.25, -0.2) is 0 Å². The summed E-state index contributed by atoms with van der Waals surface area (Å²) in [6.07, 6.45) is 4.02. The zero-order valence-electron chi connectivity index (χ0n) is 17.9. The molecule has 1 aliphatic heterocycles. The van der Waals surface area contributed by atoms with Crippen LogP contribution in [0.1, 0.15) is 54.5 Å². The predicted octanol–water partition coefficient (Wildman–Crippen LogP) is 6.57. The van der Waals surface area contributed by atoms with Gasteiger partial charge in [-0.15, -0.1) is 0 Å². The average Bonchev–Trinajstić information content (AvgIpc) is 3.23. The number of pyridine rings is 1. The van der Waals surface area contributed by atoms with Crippen LogP contribution in [0.5, 0.6) is 0 Å². The maximum atomic E-state index is 6.56. The van der Waals surface area contributed by atoms with Crippen LogP contribution < -0.4 is 5.32 Å². The maximum absolute atomic E-state index is 6.56. The SMILES string of the molecule is CCCCN1C(=S)N[C@H](c2ccccn2)[C@@H]1c1cc(C)n(-c2ccc(Cl)cc2Cl)c1C. The van der Waals surface area contributed by atoms with Gasteiger partial charge in [-0.3, -0.25) is 4.98 Å². The number of thiocarbonyl (C=S) groups is 1. The minimum atomic E-state index is -0.0137. The first kappa shape index (κ1) is 22.1. The van der Waals surface area contributed by atoms with E-state index in [9.17, 15) is 0 Å². The summed E-state index contributed by atoms with van der Waals surface area (Å²) in [5.41, 5.74) is 5.39. The normalized spacial score (nSPS) is 18.5. The van der Waals surface area contributed by atoms with Crippen LogP contribution >= 0.6 is 35.4 Å². The van der Waals surface area contributed by atoms with Gasteiger partial charge in [0.05, 0.1) is 28.5 Å². The van der Waals surface area contributed by atoms with Crippen LogP contribution in [0.3, 0.4) is 0 Å². The van der Waals surface area contributed by atoms with E-state index in [2.05, 4.69) is 52.7 Å². The Kier molecular flexibility index (Phi) is 6.56. The molecule has 0 spiro atoms. The molecule has 0 bridgehead atoms. The molecule has 0 amide bonds. The molecular weight excluding hydrogens is 447 g/mol. The lowest BCUT2D eigenvalue weighted by Crippen LogP contribution is -2.30. The summed E-state index contributed by atoms with van der Waals surface area (Å²) in [6, 6.07) is 13.9. The lowest BCUT2D eigenvalue weighted by Gasteiger charge is -2.28. The molecule has 1 saturated heterocycles. The molecule has 1 aliphatic rings. The van der Waals surface area contributed by atoms with Crippen molar-refractivity contribution in [2.24, 2.45) is 0 Å². The second kappa shape index (κ2) is 9.19. The van der Waals surface area contributed by atoms with Gasteiger partial charge in [0.2, 0.25) is 0 Å². The van der Waals surface area contributed by atoms with Gasteiger partial charge in [-0.05, 0) is 74.4 Å². The molecule has 1 aromatic carbocycles. The second-order valence-corrected chi connectivity index (χ2v) is 9.16. The largest absolute Gasteiger partial charge is 0.352 e. The van der Waals surface area contributed by atoms with Crippen molar-refractivity contribution in [1.29, 1.82) is 0 Å². The first-order valence-corrected chi connectivity index (χ1v) is 11.7. The molecule has 31 heavy (non-hydrogen) atoms. The fourth-order valence-corrected chi connectivity index (χ4v) is 5.26. The number of nitrogens with one attached hydrogen (secondary N) is 1. The van der Waals surface area contributed by atoms with Crippen molar-refractivity contribution in [1.82, 2.24) is 19.8 Å². The van der Waals surface area contributed by atoms with Crippen molar-refractivity contribution in [2.45, 2.75) is 45.7 Å². The molecule has 3 heterocycles. The van der Waals surface area contributed by atoms with Gasteiger partial charge in [0, 0.05) is 29.2 Å². The number of nitrogens with zero attached hydrogens (tertiary/aromatic N) is 3. The number of halogens is 2. The highest BCUT2D eigenvalue weighted by molar-refractivity contribution is 7.80. The minimum absolute atomic E-state index is 0.0137. The summed E-state index contributed by atoms with van der Waals surface area (Å²) >= 11 is 18.5. The third-order valence-corrected chi connectivity index (χ3v) is 6.78. The van der Waals surface area contributed by atoms with E-state index in [1.807, 2.05) is 30.5 Å². The summed E-state index contributed by atoms with van der Waals surface area (Å²) in [5, 5.41) is 5.57. The van der Waals surface area contributed by atoms with Gasteiger partial charge in [0.25, 0.3) is 0 Å². The van der Waals surface area contributed by atoms with Gasteiger partial charge in [-0.1, -0.05) is 42.6 Å². The molecule has 0 aliphatic carbocycles. The van der Waals surface area contributed by atoms with E-state index in [1.54, 1.807) is 6.07 Å². The van der Waals surface area contributed by atoms with Crippen molar-refractivity contribution < 1.29 is 0 Å². The van der Waals surface area contributed by atoms with E-state index >= 15 is 0 Å². The molecule has 0 radical (unpaired) electrons. The molecule has 3 aromatic rings. The lowest BCUT2D eigenvalue weighted by molar-refractivity contribution is 0.312. The molecule has 2 aromatic heterocycles. The van der Waals surface area contributed by atoms with Crippen LogP contribution in [-0.2, 0) is 0 Å². The third-order valence-electron chi connectivity index (χ3n) is 5.89. The standard InChI is InChI=1S/C24H26Cl2N4S/c1-4-5-12-29-23(22(28-24(29)31)20-8-6-7-11-27-20)18-13-15(2)30(16(18)3)21-10-9-17(25)14-19(21)26/h6-11,13-14,22-23H,4-5,12H2,1-3H3,(H,28,31)/t22-,23+/m1/s1. The quantitative estimate of drug-likeness (QED) is 0.411. The van der Waals surface area contributed by atoms with Crippen molar-refractivity contribution in [3.8, 4) is 5.69 Å². The first-order valence-electron chi connectivity index (χ1n) is 10.5. The number of aryl methyl sites for hydroxylation is 1. The van der Waals surface area contributed by atoms with E-state index < -0.39 is 0 Å². The first-order chi connectivity index (χ1) is 14.9. The fraction of sp³-hybridized carbons (Fsp3) is 0.333. The van der Waals surface area contributed by atoms with E-state index in [4.69, 9.17) is 35.4 Å². The Morgan fingerprint density at radius 2 is 1.94 bits per heavy atom. The van der Waals surface area contributed by atoms with Crippen molar-refractivity contribution in [3.63, 3.8) is 0 Å². The lowest BCUT2D eigenvalue weighted by atomic mass is 9.96.